The van der Waals surface area contributed by atoms with Crippen molar-refractivity contribution >= 4 is 11.9 Å². The number of hydroxylamine groups is 1. The Morgan fingerprint density at radius 3 is 2.28 bits per heavy atom. The standard InChI is InChI=1S/C12H24N2O4/c1-3-5-7-9(13)12(17)18-14-10(11(15)16)8-6-4-2/h9-10,14H,3-8,13H2,1-2H3,(H,15,16)/t9-,10+/m1/s1. The molecule has 0 aromatic rings. The van der Waals surface area contributed by atoms with Gasteiger partial charge in [-0.2, -0.15) is 0 Å². The van der Waals surface area contributed by atoms with Crippen LogP contribution >= 0.6 is 0 Å². The molecule has 0 aliphatic heterocycles. The van der Waals surface area contributed by atoms with Crippen LogP contribution in [0.3, 0.4) is 0 Å². The molecular weight excluding hydrogens is 236 g/mol. The average molecular weight is 260 g/mol. The Hall–Kier alpha value is -1.14. The van der Waals surface area contributed by atoms with Crippen molar-refractivity contribution in [3.05, 3.63) is 0 Å². The minimum atomic E-state index is -1.03. The lowest BCUT2D eigenvalue weighted by Crippen LogP contribution is -2.42. The molecule has 4 N–H and O–H groups in total. The van der Waals surface area contributed by atoms with Crippen LogP contribution in [0.1, 0.15) is 52.4 Å². The zero-order valence-corrected chi connectivity index (χ0v) is 11.1. The van der Waals surface area contributed by atoms with Crippen molar-refractivity contribution in [2.45, 2.75) is 64.5 Å². The van der Waals surface area contributed by atoms with Crippen molar-refractivity contribution in [2.75, 3.05) is 0 Å². The molecule has 0 rings (SSSR count). The molecule has 2 atom stereocenters. The summed E-state index contributed by atoms with van der Waals surface area (Å²) in [4.78, 5) is 27.0. The molecule has 6 nitrogen and oxygen atoms in total. The fourth-order valence-corrected chi connectivity index (χ4v) is 1.39. The molecule has 0 bridgehead atoms. The molecule has 0 aromatic heterocycles. The lowest BCUT2D eigenvalue weighted by molar-refractivity contribution is -0.159. The van der Waals surface area contributed by atoms with E-state index in [1.807, 2.05) is 13.8 Å². The fourth-order valence-electron chi connectivity index (χ4n) is 1.39. The van der Waals surface area contributed by atoms with E-state index < -0.39 is 24.0 Å². The molecule has 0 unspecified atom stereocenters. The molecule has 0 saturated carbocycles. The minimum Gasteiger partial charge on any atom is -0.480 e. The summed E-state index contributed by atoms with van der Waals surface area (Å²) in [6, 6.07) is -1.56. The van der Waals surface area contributed by atoms with Crippen LogP contribution in [0.4, 0.5) is 0 Å². The molecule has 0 aliphatic carbocycles. The molecule has 0 aliphatic rings. The highest BCUT2D eigenvalue weighted by Gasteiger charge is 2.21. The van der Waals surface area contributed by atoms with Gasteiger partial charge in [-0.25, -0.2) is 4.79 Å². The number of carbonyl (C=O) groups excluding carboxylic acids is 1. The quantitative estimate of drug-likeness (QED) is 0.510. The predicted molar refractivity (Wildman–Crippen MR) is 67.7 cm³/mol. The molecule has 0 heterocycles. The van der Waals surface area contributed by atoms with Crippen LogP contribution in [0, 0.1) is 0 Å². The van der Waals surface area contributed by atoms with Crippen molar-refractivity contribution in [3.8, 4) is 0 Å². The number of carboxylic acid groups (broad SMARTS) is 1. The van der Waals surface area contributed by atoms with Crippen molar-refractivity contribution in [1.29, 1.82) is 0 Å². The van der Waals surface area contributed by atoms with Crippen molar-refractivity contribution < 1.29 is 19.5 Å². The van der Waals surface area contributed by atoms with Crippen LogP contribution in [0.15, 0.2) is 0 Å². The zero-order chi connectivity index (χ0) is 14.0. The van der Waals surface area contributed by atoms with Crippen LogP contribution < -0.4 is 11.2 Å². The van der Waals surface area contributed by atoms with Crippen molar-refractivity contribution in [2.24, 2.45) is 5.73 Å². The summed E-state index contributed by atoms with van der Waals surface area (Å²) in [5.74, 6) is -1.63. The van der Waals surface area contributed by atoms with Gasteiger partial charge in [0.05, 0.1) is 0 Å². The molecule has 0 amide bonds. The first kappa shape index (κ1) is 16.9. The summed E-state index contributed by atoms with van der Waals surface area (Å²) in [5.41, 5.74) is 7.89. The molecule has 0 aromatic carbocycles. The van der Waals surface area contributed by atoms with Gasteiger partial charge in [0, 0.05) is 0 Å². The van der Waals surface area contributed by atoms with Gasteiger partial charge in [-0.05, 0) is 12.8 Å². The Morgan fingerprint density at radius 2 is 1.78 bits per heavy atom. The summed E-state index contributed by atoms with van der Waals surface area (Å²) in [5, 5.41) is 8.91. The number of rotatable bonds is 10. The molecule has 0 radical (unpaired) electrons. The second-order valence-electron chi connectivity index (χ2n) is 4.32. The third-order valence-electron chi connectivity index (χ3n) is 2.62. The number of unbranched alkanes of at least 4 members (excludes halogenated alkanes) is 2. The number of carbonyl (C=O) groups is 2. The van der Waals surface area contributed by atoms with Gasteiger partial charge < -0.3 is 15.7 Å². The third kappa shape index (κ3) is 7.24. The molecule has 106 valence electrons. The summed E-state index contributed by atoms with van der Waals surface area (Å²) < 4.78 is 0. The third-order valence-corrected chi connectivity index (χ3v) is 2.62. The first-order chi connectivity index (χ1) is 8.52. The maximum Gasteiger partial charge on any atom is 0.341 e. The summed E-state index contributed by atoms with van der Waals surface area (Å²) in [7, 11) is 0. The Bertz CT molecular complexity index is 258. The first-order valence-electron chi connectivity index (χ1n) is 6.47. The normalized spacial score (nSPS) is 13.9. The van der Waals surface area contributed by atoms with Crippen LogP contribution in [0.5, 0.6) is 0 Å². The molecule has 0 spiro atoms. The minimum absolute atomic E-state index is 0.420. The van der Waals surface area contributed by atoms with Crippen LogP contribution in [0.25, 0.3) is 0 Å². The second kappa shape index (κ2) is 9.85. The Labute approximate surface area is 108 Å². The van der Waals surface area contributed by atoms with E-state index in [-0.39, 0.29) is 0 Å². The van der Waals surface area contributed by atoms with Gasteiger partial charge in [0.25, 0.3) is 0 Å². The largest absolute Gasteiger partial charge is 0.480 e. The van der Waals surface area contributed by atoms with E-state index in [1.54, 1.807) is 0 Å². The zero-order valence-electron chi connectivity index (χ0n) is 11.1. The highest BCUT2D eigenvalue weighted by Crippen LogP contribution is 2.03. The van der Waals surface area contributed by atoms with Crippen molar-refractivity contribution in [3.63, 3.8) is 0 Å². The van der Waals surface area contributed by atoms with E-state index in [2.05, 4.69) is 5.48 Å². The molecule has 0 fully saturated rings. The van der Waals surface area contributed by atoms with E-state index in [0.29, 0.717) is 12.8 Å². The van der Waals surface area contributed by atoms with Crippen LogP contribution in [0.2, 0.25) is 0 Å². The topological polar surface area (TPSA) is 102 Å². The second-order valence-corrected chi connectivity index (χ2v) is 4.32. The fraction of sp³-hybridized carbons (Fsp3) is 0.833. The lowest BCUT2D eigenvalue weighted by atomic mass is 10.1. The molecule has 18 heavy (non-hydrogen) atoms. The number of aliphatic carboxylic acids is 1. The van der Waals surface area contributed by atoms with Gasteiger partial charge in [0.2, 0.25) is 0 Å². The summed E-state index contributed by atoms with van der Waals surface area (Å²) in [6.45, 7) is 3.97. The summed E-state index contributed by atoms with van der Waals surface area (Å²) in [6.07, 6.45) is 4.39. The maximum atomic E-state index is 11.4. The first-order valence-corrected chi connectivity index (χ1v) is 6.47. The Kier molecular flexibility index (Phi) is 9.22. The maximum absolute atomic E-state index is 11.4. The molecule has 6 heteroatoms. The van der Waals surface area contributed by atoms with E-state index in [9.17, 15) is 9.59 Å². The van der Waals surface area contributed by atoms with E-state index in [1.165, 1.54) is 0 Å². The van der Waals surface area contributed by atoms with Gasteiger partial charge in [-0.1, -0.05) is 39.5 Å². The summed E-state index contributed by atoms with van der Waals surface area (Å²) >= 11 is 0. The monoisotopic (exact) mass is 260 g/mol. The number of hydrogen-bond donors (Lipinski definition) is 3. The van der Waals surface area contributed by atoms with E-state index in [0.717, 1.165) is 25.7 Å². The van der Waals surface area contributed by atoms with Gasteiger partial charge in [-0.3, -0.25) is 4.79 Å². The molecular formula is C12H24N2O4. The number of nitrogens with one attached hydrogen (secondary N) is 1. The van der Waals surface area contributed by atoms with Crippen molar-refractivity contribution in [1.82, 2.24) is 5.48 Å². The highest BCUT2D eigenvalue weighted by molar-refractivity contribution is 5.76. The van der Waals surface area contributed by atoms with Gasteiger partial charge in [-0.15, -0.1) is 5.48 Å². The van der Waals surface area contributed by atoms with Gasteiger partial charge in [0.1, 0.15) is 12.1 Å². The Morgan fingerprint density at radius 1 is 1.22 bits per heavy atom. The number of hydrogen-bond acceptors (Lipinski definition) is 5. The SMILES string of the molecule is CCCC[C@@H](N)C(=O)ON[C@@H](CCCC)C(=O)O. The number of carboxylic acids is 1. The Balaban J connectivity index is 4.01. The highest BCUT2D eigenvalue weighted by atomic mass is 16.7. The average Bonchev–Trinajstić information content (AvgIpc) is 2.35. The van der Waals surface area contributed by atoms with E-state index in [4.69, 9.17) is 15.7 Å². The van der Waals surface area contributed by atoms with E-state index >= 15 is 0 Å². The van der Waals surface area contributed by atoms with Gasteiger partial charge >= 0.3 is 11.9 Å². The lowest BCUT2D eigenvalue weighted by Gasteiger charge is -2.15. The van der Waals surface area contributed by atoms with Gasteiger partial charge in [0.15, 0.2) is 0 Å². The predicted octanol–water partition coefficient (Wildman–Crippen LogP) is 1.20. The number of nitrogens with two attached hydrogens (primary N) is 1. The molecule has 0 saturated heterocycles. The smallest absolute Gasteiger partial charge is 0.341 e. The van der Waals surface area contributed by atoms with Crippen LogP contribution in [-0.4, -0.2) is 29.1 Å². The van der Waals surface area contributed by atoms with Crippen LogP contribution in [-0.2, 0) is 14.4 Å².